The molecule has 0 bridgehead atoms. The molecule has 0 unspecified atom stereocenters. The van der Waals surface area contributed by atoms with Crippen LogP contribution in [-0.4, -0.2) is 5.91 Å². The Morgan fingerprint density at radius 2 is 1.57 bits per heavy atom. The highest BCUT2D eigenvalue weighted by Gasteiger charge is 2.20. The Morgan fingerprint density at radius 3 is 2.18 bits per heavy atom. The van der Waals surface area contributed by atoms with E-state index in [1.807, 2.05) is 24.3 Å². The molecule has 4 rings (SSSR count). The van der Waals surface area contributed by atoms with Gasteiger partial charge in [0.25, 0.3) is 5.91 Å². The van der Waals surface area contributed by atoms with Gasteiger partial charge in [0.2, 0.25) is 0 Å². The third-order valence-electron chi connectivity index (χ3n) is 5.51. The zero-order valence-electron chi connectivity index (χ0n) is 15.5. The summed E-state index contributed by atoms with van der Waals surface area (Å²) < 4.78 is 14.5. The molecule has 1 aliphatic rings. The monoisotopic (exact) mass is 395 g/mol. The van der Waals surface area contributed by atoms with Crippen LogP contribution in [-0.2, 0) is 19.3 Å². The van der Waals surface area contributed by atoms with E-state index in [-0.39, 0.29) is 18.0 Å². The lowest BCUT2D eigenvalue weighted by Crippen LogP contribution is -2.13. The molecular weight excluding hydrogens is 373 g/mol. The maximum absolute atomic E-state index is 14.5. The highest BCUT2D eigenvalue weighted by atomic mass is 35.5. The summed E-state index contributed by atoms with van der Waals surface area (Å²) in [6.07, 6.45) is 4.50. The summed E-state index contributed by atoms with van der Waals surface area (Å²) >= 11 is 0. The molecule has 0 spiro atoms. The molecule has 144 valence electrons. The molecule has 0 aromatic heterocycles. The Balaban J connectivity index is 0.00000225. The van der Waals surface area contributed by atoms with Crippen LogP contribution in [0.3, 0.4) is 0 Å². The smallest absolute Gasteiger partial charge is 0.251 e. The van der Waals surface area contributed by atoms with Crippen molar-refractivity contribution in [3.8, 4) is 11.1 Å². The van der Waals surface area contributed by atoms with E-state index in [9.17, 15) is 9.18 Å². The summed E-state index contributed by atoms with van der Waals surface area (Å²) in [7, 11) is 0. The normalized spacial score (nSPS) is 13.0. The summed E-state index contributed by atoms with van der Waals surface area (Å²) in [6, 6.07) is 21.4. The zero-order chi connectivity index (χ0) is 18.8. The van der Waals surface area contributed by atoms with Crippen LogP contribution in [0.25, 0.3) is 11.1 Å². The van der Waals surface area contributed by atoms with Gasteiger partial charge in [0.05, 0.1) is 5.56 Å². The molecule has 0 saturated carbocycles. The lowest BCUT2D eigenvalue weighted by atomic mass is 9.95. The van der Waals surface area contributed by atoms with E-state index in [4.69, 9.17) is 5.73 Å². The predicted molar refractivity (Wildman–Crippen MR) is 113 cm³/mol. The molecule has 0 radical (unpaired) electrons. The van der Waals surface area contributed by atoms with Gasteiger partial charge < -0.3 is 5.73 Å². The number of halogens is 2. The highest BCUT2D eigenvalue weighted by molar-refractivity contribution is 5.94. The van der Waals surface area contributed by atoms with Crippen LogP contribution in [0, 0.1) is 11.7 Å². The first-order valence-corrected chi connectivity index (χ1v) is 9.36. The third kappa shape index (κ3) is 4.10. The van der Waals surface area contributed by atoms with Crippen molar-refractivity contribution in [1.29, 1.82) is 0 Å². The lowest BCUT2D eigenvalue weighted by molar-refractivity contribution is 0.0996. The quantitative estimate of drug-likeness (QED) is 0.620. The predicted octanol–water partition coefficient (Wildman–Crippen LogP) is 5.36. The third-order valence-corrected chi connectivity index (χ3v) is 5.51. The number of amides is 1. The van der Waals surface area contributed by atoms with Gasteiger partial charge in [-0.15, -0.1) is 12.4 Å². The van der Waals surface area contributed by atoms with Gasteiger partial charge in [-0.1, -0.05) is 60.7 Å². The van der Waals surface area contributed by atoms with Crippen LogP contribution in [0.4, 0.5) is 4.39 Å². The largest absolute Gasteiger partial charge is 0.366 e. The first kappa shape index (κ1) is 20.1. The summed E-state index contributed by atoms with van der Waals surface area (Å²) in [5.41, 5.74) is 10.6. The summed E-state index contributed by atoms with van der Waals surface area (Å²) in [5, 5.41) is 0. The molecule has 0 fully saturated rings. The number of nitrogens with two attached hydrogens (primary N) is 1. The van der Waals surface area contributed by atoms with E-state index in [2.05, 4.69) is 24.3 Å². The first-order valence-electron chi connectivity index (χ1n) is 9.36. The van der Waals surface area contributed by atoms with Crippen molar-refractivity contribution < 1.29 is 9.18 Å². The van der Waals surface area contributed by atoms with Crippen LogP contribution in [0.1, 0.15) is 33.5 Å². The van der Waals surface area contributed by atoms with Gasteiger partial charge in [-0.05, 0) is 59.9 Å². The molecule has 4 heteroatoms. The van der Waals surface area contributed by atoms with E-state index < -0.39 is 11.7 Å². The second kappa shape index (κ2) is 8.57. The minimum atomic E-state index is -0.747. The van der Waals surface area contributed by atoms with Crippen molar-refractivity contribution in [3.63, 3.8) is 0 Å². The van der Waals surface area contributed by atoms with Gasteiger partial charge in [0, 0.05) is 5.56 Å². The van der Waals surface area contributed by atoms with Gasteiger partial charge in [-0.3, -0.25) is 4.79 Å². The molecule has 3 aromatic carbocycles. The molecule has 2 N–H and O–H groups in total. The first-order chi connectivity index (χ1) is 13.1. The average Bonchev–Trinajstić information content (AvgIpc) is 3.10. The molecule has 2 nitrogen and oxygen atoms in total. The zero-order valence-corrected chi connectivity index (χ0v) is 16.3. The Bertz CT molecular complexity index is 959. The number of aryl methyl sites for hydroxylation is 1. The lowest BCUT2D eigenvalue weighted by Gasteiger charge is -2.10. The van der Waals surface area contributed by atoms with E-state index in [1.165, 1.54) is 35.6 Å². The fraction of sp³-hybridized carbons (Fsp3) is 0.208. The number of rotatable bonds is 5. The molecule has 0 heterocycles. The fourth-order valence-electron chi connectivity index (χ4n) is 4.02. The number of hydrogen-bond acceptors (Lipinski definition) is 1. The molecule has 0 saturated heterocycles. The minimum Gasteiger partial charge on any atom is -0.366 e. The van der Waals surface area contributed by atoms with Crippen LogP contribution < -0.4 is 5.73 Å². The number of carbonyl (C=O) groups is 1. The molecule has 3 aromatic rings. The van der Waals surface area contributed by atoms with Crippen molar-refractivity contribution in [2.45, 2.75) is 25.7 Å². The van der Waals surface area contributed by atoms with Crippen molar-refractivity contribution in [2.24, 2.45) is 11.7 Å². The van der Waals surface area contributed by atoms with Crippen LogP contribution >= 0.6 is 12.4 Å². The van der Waals surface area contributed by atoms with E-state index in [1.54, 1.807) is 12.1 Å². The van der Waals surface area contributed by atoms with Crippen molar-refractivity contribution >= 4 is 18.3 Å². The second-order valence-electron chi connectivity index (χ2n) is 7.31. The summed E-state index contributed by atoms with van der Waals surface area (Å²) in [5.74, 6) is -0.600. The molecule has 28 heavy (non-hydrogen) atoms. The fourth-order valence-corrected chi connectivity index (χ4v) is 4.02. The topological polar surface area (TPSA) is 43.1 Å². The highest BCUT2D eigenvalue weighted by Crippen LogP contribution is 2.30. The van der Waals surface area contributed by atoms with Gasteiger partial charge >= 0.3 is 0 Å². The Morgan fingerprint density at radius 1 is 0.929 bits per heavy atom. The molecular formula is C24H23ClFNO. The summed E-state index contributed by atoms with van der Waals surface area (Å²) in [4.78, 5) is 11.3. The van der Waals surface area contributed by atoms with Crippen molar-refractivity contribution in [1.82, 2.24) is 0 Å². The standard InChI is InChI=1S/C24H22FNO.ClH/c25-23-21(6-3-7-22(23)24(26)27)18-12-10-16(11-13-18)8-9-17-14-19-4-1-2-5-20(19)15-17;/h1-7,10-13,17H,8-9,14-15H2,(H2,26,27);1H. The molecule has 1 aliphatic carbocycles. The molecule has 0 aliphatic heterocycles. The number of benzene rings is 3. The number of fused-ring (bicyclic) bond motifs is 1. The number of hydrogen-bond donors (Lipinski definition) is 1. The molecule has 0 atom stereocenters. The van der Waals surface area contributed by atoms with Gasteiger partial charge in [-0.25, -0.2) is 4.39 Å². The van der Waals surface area contributed by atoms with Crippen molar-refractivity contribution in [2.75, 3.05) is 0 Å². The van der Waals surface area contributed by atoms with Gasteiger partial charge in [0.15, 0.2) is 0 Å². The van der Waals surface area contributed by atoms with E-state index in [0.717, 1.165) is 18.4 Å². The van der Waals surface area contributed by atoms with Gasteiger partial charge in [0.1, 0.15) is 5.82 Å². The summed E-state index contributed by atoms with van der Waals surface area (Å²) in [6.45, 7) is 0. The van der Waals surface area contributed by atoms with Crippen LogP contribution in [0.2, 0.25) is 0 Å². The van der Waals surface area contributed by atoms with Gasteiger partial charge in [-0.2, -0.15) is 0 Å². The second-order valence-corrected chi connectivity index (χ2v) is 7.31. The molecule has 1 amide bonds. The van der Waals surface area contributed by atoms with Crippen LogP contribution in [0.15, 0.2) is 66.7 Å². The average molecular weight is 396 g/mol. The Kier molecular flexibility index (Phi) is 6.15. The minimum absolute atomic E-state index is 0. The number of carbonyl (C=O) groups excluding carboxylic acids is 1. The van der Waals surface area contributed by atoms with E-state index >= 15 is 0 Å². The van der Waals surface area contributed by atoms with Crippen molar-refractivity contribution in [3.05, 3.63) is 94.8 Å². The number of primary amides is 1. The van der Waals surface area contributed by atoms with Crippen LogP contribution in [0.5, 0.6) is 0 Å². The van der Waals surface area contributed by atoms with E-state index in [0.29, 0.717) is 11.5 Å². The Labute approximate surface area is 171 Å². The SMILES string of the molecule is Cl.NC(=O)c1cccc(-c2ccc(CCC3Cc4ccccc4C3)cc2)c1F. The maximum Gasteiger partial charge on any atom is 0.251 e. The maximum atomic E-state index is 14.5. The Hall–Kier alpha value is -2.65.